The summed E-state index contributed by atoms with van der Waals surface area (Å²) >= 11 is 6.21. The van der Waals surface area contributed by atoms with Crippen LogP contribution in [-0.4, -0.2) is 12.1 Å². The van der Waals surface area contributed by atoms with Crippen LogP contribution in [0.3, 0.4) is 0 Å². The number of ether oxygens (including phenoxy) is 1. The first-order valence-corrected chi connectivity index (χ1v) is 7.04. The van der Waals surface area contributed by atoms with Crippen molar-refractivity contribution in [1.29, 1.82) is 0 Å². The average Bonchev–Trinajstić information content (AvgIpc) is 2.31. The van der Waals surface area contributed by atoms with Crippen LogP contribution in [0.2, 0.25) is 5.02 Å². The second-order valence-electron chi connectivity index (χ2n) is 5.13. The molecule has 0 aromatic heterocycles. The molecule has 1 N–H and O–H groups in total. The third kappa shape index (κ3) is 4.41. The third-order valence-corrected chi connectivity index (χ3v) is 3.48. The van der Waals surface area contributed by atoms with Gasteiger partial charge in [0.25, 0.3) is 0 Å². The minimum Gasteiger partial charge on any atom is -0.489 e. The van der Waals surface area contributed by atoms with Crippen molar-refractivity contribution >= 4 is 17.3 Å². The lowest BCUT2D eigenvalue weighted by molar-refractivity contribution is 0.242. The van der Waals surface area contributed by atoms with E-state index in [0.717, 1.165) is 17.9 Å². The molecular weight excluding hydrogens is 246 g/mol. The largest absolute Gasteiger partial charge is 0.489 e. The number of rotatable bonds is 6. The fourth-order valence-corrected chi connectivity index (χ4v) is 1.92. The molecule has 0 aliphatic rings. The molecule has 18 heavy (non-hydrogen) atoms. The van der Waals surface area contributed by atoms with E-state index in [0.29, 0.717) is 17.0 Å². The second-order valence-corrected chi connectivity index (χ2v) is 5.54. The maximum atomic E-state index is 6.21. The van der Waals surface area contributed by atoms with Gasteiger partial charge >= 0.3 is 0 Å². The van der Waals surface area contributed by atoms with Crippen LogP contribution < -0.4 is 10.1 Å². The Morgan fingerprint density at radius 2 is 1.89 bits per heavy atom. The van der Waals surface area contributed by atoms with Gasteiger partial charge in [-0.3, -0.25) is 0 Å². The number of hydrogen-bond acceptors (Lipinski definition) is 2. The SMILES string of the molecule is CCC(C)C(C)Nc1ccc(OC(C)C)c(Cl)c1. The van der Waals surface area contributed by atoms with Crippen molar-refractivity contribution in [3.8, 4) is 5.75 Å². The molecule has 0 spiro atoms. The average molecular weight is 270 g/mol. The van der Waals surface area contributed by atoms with E-state index in [1.54, 1.807) is 0 Å². The number of anilines is 1. The van der Waals surface area contributed by atoms with Crippen LogP contribution in [0.5, 0.6) is 5.75 Å². The molecule has 1 rings (SSSR count). The van der Waals surface area contributed by atoms with Crippen molar-refractivity contribution in [1.82, 2.24) is 0 Å². The van der Waals surface area contributed by atoms with Gasteiger partial charge in [-0.2, -0.15) is 0 Å². The summed E-state index contributed by atoms with van der Waals surface area (Å²) in [6.45, 7) is 10.6. The number of benzene rings is 1. The standard InChI is InChI=1S/C15H24ClNO/c1-6-11(4)12(5)17-13-7-8-15(14(16)9-13)18-10(2)3/h7-12,17H,6H2,1-5H3. The van der Waals surface area contributed by atoms with Gasteiger partial charge in [0.05, 0.1) is 11.1 Å². The fraction of sp³-hybridized carbons (Fsp3) is 0.600. The van der Waals surface area contributed by atoms with Gasteiger partial charge in [0.1, 0.15) is 5.75 Å². The van der Waals surface area contributed by atoms with E-state index in [1.807, 2.05) is 32.0 Å². The lowest BCUT2D eigenvalue weighted by atomic mass is 10.0. The van der Waals surface area contributed by atoms with E-state index in [9.17, 15) is 0 Å². The van der Waals surface area contributed by atoms with Crippen LogP contribution in [0.1, 0.15) is 41.0 Å². The highest BCUT2D eigenvalue weighted by Crippen LogP contribution is 2.29. The number of halogens is 1. The number of hydrogen-bond donors (Lipinski definition) is 1. The second kappa shape index (κ2) is 6.89. The molecule has 102 valence electrons. The van der Waals surface area contributed by atoms with Gasteiger partial charge in [-0.05, 0) is 44.9 Å². The molecule has 0 radical (unpaired) electrons. The third-order valence-electron chi connectivity index (χ3n) is 3.19. The lowest BCUT2D eigenvalue weighted by Gasteiger charge is -2.21. The fourth-order valence-electron chi connectivity index (χ4n) is 1.70. The van der Waals surface area contributed by atoms with Gasteiger partial charge in [0, 0.05) is 11.7 Å². The Balaban J connectivity index is 2.72. The highest BCUT2D eigenvalue weighted by atomic mass is 35.5. The van der Waals surface area contributed by atoms with Crippen LogP contribution >= 0.6 is 11.6 Å². The molecule has 0 heterocycles. The molecule has 0 saturated carbocycles. The summed E-state index contributed by atoms with van der Waals surface area (Å²) in [6, 6.07) is 6.30. The molecule has 0 aliphatic carbocycles. The first-order chi connectivity index (χ1) is 8.43. The molecule has 2 nitrogen and oxygen atoms in total. The van der Waals surface area contributed by atoms with Crippen molar-refractivity contribution in [2.24, 2.45) is 5.92 Å². The molecule has 1 aromatic carbocycles. The molecule has 0 amide bonds. The summed E-state index contributed by atoms with van der Waals surface area (Å²) in [5.41, 5.74) is 1.05. The Labute approximate surface area is 116 Å². The number of nitrogens with one attached hydrogen (secondary N) is 1. The van der Waals surface area contributed by atoms with Crippen molar-refractivity contribution in [2.75, 3.05) is 5.32 Å². The van der Waals surface area contributed by atoms with Gasteiger partial charge in [-0.15, -0.1) is 0 Å². The summed E-state index contributed by atoms with van der Waals surface area (Å²) in [6.07, 6.45) is 1.30. The zero-order valence-electron chi connectivity index (χ0n) is 12.0. The molecule has 0 aliphatic heterocycles. The quantitative estimate of drug-likeness (QED) is 0.787. The van der Waals surface area contributed by atoms with E-state index < -0.39 is 0 Å². The van der Waals surface area contributed by atoms with Crippen molar-refractivity contribution in [3.63, 3.8) is 0 Å². The zero-order valence-corrected chi connectivity index (χ0v) is 12.7. The summed E-state index contributed by atoms with van der Waals surface area (Å²) in [5, 5.41) is 4.13. The Bertz CT molecular complexity index is 379. The van der Waals surface area contributed by atoms with E-state index in [1.165, 1.54) is 0 Å². The lowest BCUT2D eigenvalue weighted by Crippen LogP contribution is -2.23. The molecule has 0 saturated heterocycles. The Morgan fingerprint density at radius 1 is 1.22 bits per heavy atom. The van der Waals surface area contributed by atoms with E-state index in [-0.39, 0.29) is 6.10 Å². The van der Waals surface area contributed by atoms with Crippen LogP contribution in [-0.2, 0) is 0 Å². The molecular formula is C15H24ClNO. The molecule has 1 aromatic rings. The van der Waals surface area contributed by atoms with Crippen molar-refractivity contribution in [3.05, 3.63) is 23.2 Å². The van der Waals surface area contributed by atoms with Crippen LogP contribution in [0.15, 0.2) is 18.2 Å². The molecule has 0 fully saturated rings. The highest BCUT2D eigenvalue weighted by Gasteiger charge is 2.11. The molecule has 2 unspecified atom stereocenters. The van der Waals surface area contributed by atoms with Gasteiger partial charge < -0.3 is 10.1 Å². The summed E-state index contributed by atoms with van der Waals surface area (Å²) in [5.74, 6) is 1.38. The Kier molecular flexibility index (Phi) is 5.80. The van der Waals surface area contributed by atoms with Crippen LogP contribution in [0.25, 0.3) is 0 Å². The van der Waals surface area contributed by atoms with Gasteiger partial charge in [0.2, 0.25) is 0 Å². The van der Waals surface area contributed by atoms with Gasteiger partial charge in [0.15, 0.2) is 0 Å². The first kappa shape index (κ1) is 15.2. The van der Waals surface area contributed by atoms with E-state index >= 15 is 0 Å². The van der Waals surface area contributed by atoms with Crippen LogP contribution in [0.4, 0.5) is 5.69 Å². The van der Waals surface area contributed by atoms with Crippen molar-refractivity contribution in [2.45, 2.75) is 53.2 Å². The Hall–Kier alpha value is -0.890. The summed E-state index contributed by atoms with van der Waals surface area (Å²) in [4.78, 5) is 0. The topological polar surface area (TPSA) is 21.3 Å². The predicted molar refractivity (Wildman–Crippen MR) is 79.8 cm³/mol. The maximum absolute atomic E-state index is 6.21. The van der Waals surface area contributed by atoms with E-state index in [2.05, 4.69) is 26.1 Å². The minimum absolute atomic E-state index is 0.139. The maximum Gasteiger partial charge on any atom is 0.138 e. The molecule has 2 atom stereocenters. The predicted octanol–water partition coefficient (Wildman–Crippen LogP) is 4.97. The van der Waals surface area contributed by atoms with Gasteiger partial charge in [-0.25, -0.2) is 0 Å². The van der Waals surface area contributed by atoms with Gasteiger partial charge in [-0.1, -0.05) is 31.9 Å². The minimum atomic E-state index is 0.139. The van der Waals surface area contributed by atoms with Crippen LogP contribution in [0, 0.1) is 5.92 Å². The first-order valence-electron chi connectivity index (χ1n) is 6.66. The van der Waals surface area contributed by atoms with Crippen molar-refractivity contribution < 1.29 is 4.74 Å². The highest BCUT2D eigenvalue weighted by molar-refractivity contribution is 6.32. The normalized spacial score (nSPS) is 14.4. The summed E-state index contributed by atoms with van der Waals surface area (Å²) < 4.78 is 5.61. The summed E-state index contributed by atoms with van der Waals surface area (Å²) in [7, 11) is 0. The Morgan fingerprint density at radius 3 is 2.39 bits per heavy atom. The zero-order chi connectivity index (χ0) is 13.7. The monoisotopic (exact) mass is 269 g/mol. The smallest absolute Gasteiger partial charge is 0.138 e. The molecule has 0 bridgehead atoms. The van der Waals surface area contributed by atoms with E-state index in [4.69, 9.17) is 16.3 Å². The molecule has 3 heteroatoms.